The fraction of sp³-hybridized carbons (Fsp3) is 0.538. The fourth-order valence-corrected chi connectivity index (χ4v) is 2.33. The van der Waals surface area contributed by atoms with E-state index in [9.17, 15) is 0 Å². The second kappa shape index (κ2) is 4.23. The highest BCUT2D eigenvalue weighted by molar-refractivity contribution is 5.45. The molecule has 0 bridgehead atoms. The molecule has 0 radical (unpaired) electrons. The van der Waals surface area contributed by atoms with Gasteiger partial charge in [0.15, 0.2) is 0 Å². The van der Waals surface area contributed by atoms with E-state index in [-0.39, 0.29) is 0 Å². The lowest BCUT2D eigenvalue weighted by Crippen LogP contribution is -2.22. The van der Waals surface area contributed by atoms with Crippen molar-refractivity contribution in [3.8, 4) is 5.75 Å². The molecule has 0 aliphatic carbocycles. The number of hydrogen-bond acceptors (Lipinski definition) is 2. The van der Waals surface area contributed by atoms with Gasteiger partial charge in [0.05, 0.1) is 6.61 Å². The van der Waals surface area contributed by atoms with Crippen LogP contribution in [0, 0.1) is 5.92 Å². The maximum atomic E-state index is 5.72. The Kier molecular flexibility index (Phi) is 2.96. The maximum absolute atomic E-state index is 5.72. The molecule has 2 heteroatoms. The highest BCUT2D eigenvalue weighted by atomic mass is 16.5. The van der Waals surface area contributed by atoms with Gasteiger partial charge in [0, 0.05) is 18.0 Å². The van der Waals surface area contributed by atoms with Crippen LogP contribution in [0.3, 0.4) is 0 Å². The van der Waals surface area contributed by atoms with Crippen molar-refractivity contribution < 1.29 is 4.74 Å². The summed E-state index contributed by atoms with van der Waals surface area (Å²) in [4.78, 5) is 0. The molecule has 1 aliphatic rings. The summed E-state index contributed by atoms with van der Waals surface area (Å²) in [5.41, 5.74) is 2.66. The fourth-order valence-electron chi connectivity index (χ4n) is 2.33. The van der Waals surface area contributed by atoms with E-state index in [1.807, 2.05) is 7.05 Å². The molecule has 82 valence electrons. The normalized spacial score (nSPS) is 16.3. The SMILES string of the molecule is CNC(c1cccc2c1OCC2)C(C)C. The molecule has 1 unspecified atom stereocenters. The molecule has 2 rings (SSSR count). The first-order valence-electron chi connectivity index (χ1n) is 5.66. The van der Waals surface area contributed by atoms with Crippen LogP contribution in [0.15, 0.2) is 18.2 Å². The van der Waals surface area contributed by atoms with Gasteiger partial charge in [-0.3, -0.25) is 0 Å². The summed E-state index contributed by atoms with van der Waals surface area (Å²) >= 11 is 0. The van der Waals surface area contributed by atoms with Crippen LogP contribution in [0.2, 0.25) is 0 Å². The molecule has 1 aromatic carbocycles. The molecular formula is C13H19NO. The molecule has 0 saturated heterocycles. The van der Waals surface area contributed by atoms with Crippen molar-refractivity contribution in [2.24, 2.45) is 5.92 Å². The van der Waals surface area contributed by atoms with Crippen LogP contribution in [0.1, 0.15) is 31.0 Å². The zero-order chi connectivity index (χ0) is 10.8. The van der Waals surface area contributed by atoms with Crippen LogP contribution in [-0.2, 0) is 6.42 Å². The van der Waals surface area contributed by atoms with Gasteiger partial charge in [-0.25, -0.2) is 0 Å². The van der Waals surface area contributed by atoms with Crippen LogP contribution in [0.5, 0.6) is 5.75 Å². The van der Waals surface area contributed by atoms with Crippen molar-refractivity contribution in [3.63, 3.8) is 0 Å². The van der Waals surface area contributed by atoms with Gasteiger partial charge in [-0.15, -0.1) is 0 Å². The number of hydrogen-bond donors (Lipinski definition) is 1. The summed E-state index contributed by atoms with van der Waals surface area (Å²) in [5.74, 6) is 1.69. The molecule has 1 heterocycles. The Morgan fingerprint density at radius 2 is 2.13 bits per heavy atom. The highest BCUT2D eigenvalue weighted by Gasteiger charge is 2.22. The Morgan fingerprint density at radius 3 is 2.80 bits per heavy atom. The minimum Gasteiger partial charge on any atom is -0.493 e. The monoisotopic (exact) mass is 205 g/mol. The molecule has 0 aromatic heterocycles. The summed E-state index contributed by atoms with van der Waals surface area (Å²) in [5, 5.41) is 3.37. The van der Waals surface area contributed by atoms with Crippen molar-refractivity contribution >= 4 is 0 Å². The lowest BCUT2D eigenvalue weighted by Gasteiger charge is -2.22. The lowest BCUT2D eigenvalue weighted by atomic mass is 9.94. The molecule has 1 aromatic rings. The first kappa shape index (κ1) is 10.5. The third kappa shape index (κ3) is 1.86. The number of para-hydroxylation sites is 1. The second-order valence-electron chi connectivity index (χ2n) is 4.44. The summed E-state index contributed by atoms with van der Waals surface area (Å²) in [6.45, 7) is 5.30. The van der Waals surface area contributed by atoms with E-state index in [0.29, 0.717) is 12.0 Å². The van der Waals surface area contributed by atoms with Crippen molar-refractivity contribution in [2.75, 3.05) is 13.7 Å². The summed E-state index contributed by atoms with van der Waals surface area (Å²) in [6, 6.07) is 6.86. The van der Waals surface area contributed by atoms with Crippen LogP contribution in [0.25, 0.3) is 0 Å². The molecule has 0 saturated carbocycles. The van der Waals surface area contributed by atoms with Gasteiger partial charge >= 0.3 is 0 Å². The molecule has 1 N–H and O–H groups in total. The smallest absolute Gasteiger partial charge is 0.127 e. The Hall–Kier alpha value is -1.02. The first-order chi connectivity index (χ1) is 7.24. The maximum Gasteiger partial charge on any atom is 0.127 e. The molecule has 2 nitrogen and oxygen atoms in total. The van der Waals surface area contributed by atoms with Crippen LogP contribution in [-0.4, -0.2) is 13.7 Å². The molecule has 1 atom stereocenters. The molecule has 0 amide bonds. The van der Waals surface area contributed by atoms with Crippen molar-refractivity contribution in [1.82, 2.24) is 5.32 Å². The predicted molar refractivity (Wildman–Crippen MR) is 62.3 cm³/mol. The Balaban J connectivity index is 2.39. The summed E-state index contributed by atoms with van der Waals surface area (Å²) in [7, 11) is 2.01. The molecular weight excluding hydrogens is 186 g/mol. The topological polar surface area (TPSA) is 21.3 Å². The lowest BCUT2D eigenvalue weighted by molar-refractivity contribution is 0.341. The number of ether oxygens (including phenoxy) is 1. The Morgan fingerprint density at radius 1 is 1.33 bits per heavy atom. The Labute approximate surface area is 91.6 Å². The van der Waals surface area contributed by atoms with Crippen molar-refractivity contribution in [3.05, 3.63) is 29.3 Å². The third-order valence-electron chi connectivity index (χ3n) is 3.06. The average Bonchev–Trinajstić information content (AvgIpc) is 2.66. The van der Waals surface area contributed by atoms with E-state index in [1.165, 1.54) is 11.1 Å². The second-order valence-corrected chi connectivity index (χ2v) is 4.44. The summed E-state index contributed by atoms with van der Waals surface area (Å²) in [6.07, 6.45) is 1.05. The molecule has 1 aliphatic heterocycles. The van der Waals surface area contributed by atoms with Gasteiger partial charge in [0.25, 0.3) is 0 Å². The predicted octanol–water partition coefficient (Wildman–Crippen LogP) is 2.54. The van der Waals surface area contributed by atoms with Crippen molar-refractivity contribution in [1.29, 1.82) is 0 Å². The highest BCUT2D eigenvalue weighted by Crippen LogP contribution is 2.35. The van der Waals surface area contributed by atoms with Crippen LogP contribution in [0.4, 0.5) is 0 Å². The zero-order valence-corrected chi connectivity index (χ0v) is 9.71. The van der Waals surface area contributed by atoms with Gasteiger partial charge in [-0.05, 0) is 18.5 Å². The van der Waals surface area contributed by atoms with Crippen LogP contribution < -0.4 is 10.1 Å². The van der Waals surface area contributed by atoms with E-state index in [0.717, 1.165) is 18.8 Å². The largest absolute Gasteiger partial charge is 0.493 e. The Bertz CT molecular complexity index is 346. The number of rotatable bonds is 3. The van der Waals surface area contributed by atoms with Gasteiger partial charge in [0.1, 0.15) is 5.75 Å². The first-order valence-corrected chi connectivity index (χ1v) is 5.66. The van der Waals surface area contributed by atoms with Gasteiger partial charge in [-0.1, -0.05) is 32.0 Å². The van der Waals surface area contributed by atoms with Crippen molar-refractivity contribution in [2.45, 2.75) is 26.3 Å². The van der Waals surface area contributed by atoms with Gasteiger partial charge in [-0.2, -0.15) is 0 Å². The van der Waals surface area contributed by atoms with Gasteiger partial charge < -0.3 is 10.1 Å². The number of nitrogens with one attached hydrogen (secondary N) is 1. The molecule has 0 fully saturated rings. The van der Waals surface area contributed by atoms with E-state index >= 15 is 0 Å². The molecule has 0 spiro atoms. The van der Waals surface area contributed by atoms with Gasteiger partial charge in [0.2, 0.25) is 0 Å². The number of fused-ring (bicyclic) bond motifs is 1. The summed E-state index contributed by atoms with van der Waals surface area (Å²) < 4.78 is 5.72. The minimum absolute atomic E-state index is 0.387. The molecule has 15 heavy (non-hydrogen) atoms. The van der Waals surface area contributed by atoms with E-state index in [1.54, 1.807) is 0 Å². The third-order valence-corrected chi connectivity index (χ3v) is 3.06. The average molecular weight is 205 g/mol. The van der Waals surface area contributed by atoms with E-state index < -0.39 is 0 Å². The standard InChI is InChI=1S/C13H19NO/c1-9(2)12(14-3)11-6-4-5-10-7-8-15-13(10)11/h4-6,9,12,14H,7-8H2,1-3H3. The quantitative estimate of drug-likeness (QED) is 0.818. The minimum atomic E-state index is 0.387. The number of benzene rings is 1. The van der Waals surface area contributed by atoms with E-state index in [4.69, 9.17) is 4.74 Å². The van der Waals surface area contributed by atoms with E-state index in [2.05, 4.69) is 37.4 Å². The van der Waals surface area contributed by atoms with Crippen LogP contribution >= 0.6 is 0 Å². The zero-order valence-electron chi connectivity index (χ0n) is 9.71.